The second-order valence-electron chi connectivity index (χ2n) is 9.77. The normalized spacial score (nSPS) is 35.0. The maximum atomic E-state index is 12.6. The molecule has 1 saturated carbocycles. The van der Waals surface area contributed by atoms with Crippen LogP contribution in [0, 0.1) is 11.8 Å². The lowest BCUT2D eigenvalue weighted by Gasteiger charge is -2.42. The van der Waals surface area contributed by atoms with Gasteiger partial charge >= 0.3 is 6.09 Å². The van der Waals surface area contributed by atoms with Gasteiger partial charge in [0.25, 0.3) is 0 Å². The van der Waals surface area contributed by atoms with Gasteiger partial charge in [0.05, 0.1) is 31.3 Å². The van der Waals surface area contributed by atoms with Crippen LogP contribution in [-0.4, -0.2) is 69.1 Å². The first kappa shape index (κ1) is 29.9. The number of amides is 1. The standard InChI is InChI=1S/C23H39NO6.C2H6.CH4/c1-14(2)8-9-18-22(5,30-18)20-19(27-7)17(10-11-23(20)13-28-23)29-21(25)24-16(12-26-6)15(3)4;1-2;/h8,15-20H,9-13H2,1-7H3,(H,24,25);1-2H3;1H4/t16-,17+,18+,19+,20+,22-,23-;;/m0../s1. The quantitative estimate of drug-likeness (QED) is 0.371. The Morgan fingerprint density at radius 2 is 1.88 bits per heavy atom. The van der Waals surface area contributed by atoms with Crippen LogP contribution in [0.3, 0.4) is 0 Å². The van der Waals surface area contributed by atoms with E-state index < -0.39 is 6.09 Å². The average Bonchev–Trinajstić information content (AvgIpc) is 3.66. The minimum Gasteiger partial charge on any atom is -0.443 e. The van der Waals surface area contributed by atoms with Crippen LogP contribution in [0.4, 0.5) is 4.79 Å². The molecule has 7 heteroatoms. The number of carbonyl (C=O) groups is 1. The van der Waals surface area contributed by atoms with E-state index in [1.54, 1.807) is 14.2 Å². The van der Waals surface area contributed by atoms with Crippen molar-refractivity contribution in [3.05, 3.63) is 11.6 Å². The molecule has 33 heavy (non-hydrogen) atoms. The van der Waals surface area contributed by atoms with Gasteiger partial charge in [-0.2, -0.15) is 0 Å². The Morgan fingerprint density at radius 1 is 1.24 bits per heavy atom. The van der Waals surface area contributed by atoms with Crippen molar-refractivity contribution in [1.82, 2.24) is 5.32 Å². The fraction of sp³-hybridized carbons (Fsp3) is 0.885. The average molecular weight is 472 g/mol. The molecule has 7 nitrogen and oxygen atoms in total. The SMILES string of the molecule is C.CC.COC[C@H](NC(=O)O[C@@H]1CC[C@]2(CO2)[C@@H]([C@@]2(C)O[C@@H]2CC=C(C)C)[C@@H]1OC)C(C)C. The zero-order valence-electron chi connectivity index (χ0n) is 21.5. The third-order valence-corrected chi connectivity index (χ3v) is 6.95. The highest BCUT2D eigenvalue weighted by atomic mass is 16.6. The number of epoxide rings is 2. The first-order valence-electron chi connectivity index (χ1n) is 12.1. The lowest BCUT2D eigenvalue weighted by Crippen LogP contribution is -2.56. The van der Waals surface area contributed by atoms with Gasteiger partial charge in [0.2, 0.25) is 0 Å². The number of rotatable bonds is 9. The third-order valence-electron chi connectivity index (χ3n) is 6.95. The minimum absolute atomic E-state index is 0. The Bertz CT molecular complexity index is 643. The lowest BCUT2D eigenvalue weighted by molar-refractivity contribution is -0.118. The number of hydrogen-bond donors (Lipinski definition) is 1. The van der Waals surface area contributed by atoms with E-state index in [1.165, 1.54) is 5.57 Å². The van der Waals surface area contributed by atoms with E-state index in [4.69, 9.17) is 23.7 Å². The summed E-state index contributed by atoms with van der Waals surface area (Å²) in [6, 6.07) is -0.0984. The molecular formula is C26H49NO6. The summed E-state index contributed by atoms with van der Waals surface area (Å²) in [4.78, 5) is 12.6. The molecule has 3 rings (SSSR count). The summed E-state index contributed by atoms with van der Waals surface area (Å²) in [5.74, 6) is 0.268. The summed E-state index contributed by atoms with van der Waals surface area (Å²) >= 11 is 0. The summed E-state index contributed by atoms with van der Waals surface area (Å²) in [5.41, 5.74) is 0.728. The lowest BCUT2D eigenvalue weighted by atomic mass is 9.68. The third kappa shape index (κ3) is 6.93. The number of carbonyl (C=O) groups excluding carboxylic acids is 1. The van der Waals surface area contributed by atoms with Crippen molar-refractivity contribution in [1.29, 1.82) is 0 Å². The topological polar surface area (TPSA) is 81.9 Å². The molecule has 0 unspecified atom stereocenters. The summed E-state index contributed by atoms with van der Waals surface area (Å²) in [6.45, 7) is 15.6. The van der Waals surface area contributed by atoms with E-state index in [0.29, 0.717) is 19.6 Å². The Balaban J connectivity index is 0.00000177. The van der Waals surface area contributed by atoms with Gasteiger partial charge < -0.3 is 29.0 Å². The molecular weight excluding hydrogens is 422 g/mol. The molecule has 1 N–H and O–H groups in total. The number of hydrogen-bond acceptors (Lipinski definition) is 6. The number of ether oxygens (including phenoxy) is 5. The second-order valence-corrected chi connectivity index (χ2v) is 9.77. The van der Waals surface area contributed by atoms with E-state index in [-0.39, 0.29) is 54.8 Å². The predicted molar refractivity (Wildman–Crippen MR) is 132 cm³/mol. The van der Waals surface area contributed by atoms with Crippen molar-refractivity contribution in [3.8, 4) is 0 Å². The number of alkyl carbamates (subject to hydrolysis) is 1. The van der Waals surface area contributed by atoms with Gasteiger partial charge in [-0.25, -0.2) is 4.79 Å². The molecule has 0 aromatic carbocycles. The Morgan fingerprint density at radius 3 is 2.36 bits per heavy atom. The number of methoxy groups -OCH3 is 2. The van der Waals surface area contributed by atoms with Gasteiger partial charge in [-0.3, -0.25) is 0 Å². The van der Waals surface area contributed by atoms with E-state index in [0.717, 1.165) is 12.8 Å². The number of nitrogens with one attached hydrogen (secondary N) is 1. The summed E-state index contributed by atoms with van der Waals surface area (Å²) in [6.07, 6.45) is 3.75. The largest absolute Gasteiger partial charge is 0.443 e. The highest BCUT2D eigenvalue weighted by Gasteiger charge is 2.72. The van der Waals surface area contributed by atoms with Crippen LogP contribution in [-0.2, 0) is 23.7 Å². The van der Waals surface area contributed by atoms with Crippen LogP contribution in [0.15, 0.2) is 11.6 Å². The van der Waals surface area contributed by atoms with Crippen molar-refractivity contribution in [2.45, 2.75) is 111 Å². The highest BCUT2D eigenvalue weighted by molar-refractivity contribution is 5.68. The van der Waals surface area contributed by atoms with E-state index in [1.807, 2.05) is 27.7 Å². The Labute approximate surface area is 201 Å². The zero-order chi connectivity index (χ0) is 24.1. The molecule has 1 amide bonds. The van der Waals surface area contributed by atoms with Gasteiger partial charge in [0, 0.05) is 14.2 Å². The Hall–Kier alpha value is -1.15. The summed E-state index contributed by atoms with van der Waals surface area (Å²) in [5, 5.41) is 2.94. The van der Waals surface area contributed by atoms with Crippen LogP contribution in [0.2, 0.25) is 0 Å². The maximum Gasteiger partial charge on any atom is 0.407 e. The van der Waals surface area contributed by atoms with Crippen LogP contribution in [0.5, 0.6) is 0 Å². The fourth-order valence-corrected chi connectivity index (χ4v) is 4.97. The van der Waals surface area contributed by atoms with Gasteiger partial charge in [-0.1, -0.05) is 46.8 Å². The van der Waals surface area contributed by atoms with Crippen LogP contribution < -0.4 is 5.32 Å². The van der Waals surface area contributed by atoms with Crippen molar-refractivity contribution < 1.29 is 28.5 Å². The molecule has 3 aliphatic rings. The molecule has 194 valence electrons. The molecule has 3 fully saturated rings. The molecule has 0 radical (unpaired) electrons. The smallest absolute Gasteiger partial charge is 0.407 e. The molecule has 7 atom stereocenters. The van der Waals surface area contributed by atoms with Crippen molar-refractivity contribution >= 4 is 6.09 Å². The van der Waals surface area contributed by atoms with Gasteiger partial charge in [-0.15, -0.1) is 0 Å². The van der Waals surface area contributed by atoms with Crippen LogP contribution >= 0.6 is 0 Å². The van der Waals surface area contributed by atoms with Crippen molar-refractivity contribution in [2.75, 3.05) is 27.4 Å². The minimum atomic E-state index is -0.424. The molecule has 1 aliphatic carbocycles. The zero-order valence-corrected chi connectivity index (χ0v) is 21.5. The first-order chi connectivity index (χ1) is 15.2. The summed E-state index contributed by atoms with van der Waals surface area (Å²) < 4.78 is 29.2. The van der Waals surface area contributed by atoms with Gasteiger partial charge in [-0.05, 0) is 46.0 Å². The molecule has 2 saturated heterocycles. The maximum absolute atomic E-state index is 12.6. The van der Waals surface area contributed by atoms with E-state index in [2.05, 4.69) is 32.2 Å². The van der Waals surface area contributed by atoms with Gasteiger partial charge in [0.1, 0.15) is 23.4 Å². The first-order valence-corrected chi connectivity index (χ1v) is 12.1. The number of allylic oxidation sites excluding steroid dienone is 1. The molecule has 0 aromatic rings. The van der Waals surface area contributed by atoms with Crippen LogP contribution in [0.1, 0.15) is 75.2 Å². The van der Waals surface area contributed by atoms with E-state index in [9.17, 15) is 4.79 Å². The Kier molecular flexibility index (Phi) is 11.3. The molecule has 2 heterocycles. The fourth-order valence-electron chi connectivity index (χ4n) is 4.97. The summed E-state index contributed by atoms with van der Waals surface area (Å²) in [7, 11) is 3.32. The van der Waals surface area contributed by atoms with Gasteiger partial charge in [0.15, 0.2) is 0 Å². The van der Waals surface area contributed by atoms with E-state index >= 15 is 0 Å². The van der Waals surface area contributed by atoms with Crippen molar-refractivity contribution in [2.24, 2.45) is 11.8 Å². The highest BCUT2D eigenvalue weighted by Crippen LogP contribution is 2.59. The second kappa shape index (κ2) is 12.5. The molecule has 0 bridgehead atoms. The van der Waals surface area contributed by atoms with Crippen molar-refractivity contribution in [3.63, 3.8) is 0 Å². The molecule has 2 aliphatic heterocycles. The van der Waals surface area contributed by atoms with Crippen LogP contribution in [0.25, 0.3) is 0 Å². The molecule has 0 aromatic heterocycles. The monoisotopic (exact) mass is 471 g/mol. The predicted octanol–water partition coefficient (Wildman–Crippen LogP) is 5.12. The molecule has 1 spiro atoms.